The van der Waals surface area contributed by atoms with Crippen LogP contribution in [-0.2, 0) is 0 Å². The van der Waals surface area contributed by atoms with Gasteiger partial charge in [-0.05, 0) is 61.9 Å². The lowest BCUT2D eigenvalue weighted by Crippen LogP contribution is -2.18. The second-order valence-corrected chi connectivity index (χ2v) is 7.80. The van der Waals surface area contributed by atoms with E-state index in [0.717, 1.165) is 22.4 Å². The van der Waals surface area contributed by atoms with E-state index < -0.39 is 5.97 Å². The van der Waals surface area contributed by atoms with Gasteiger partial charge in [-0.25, -0.2) is 4.79 Å². The highest BCUT2D eigenvalue weighted by molar-refractivity contribution is 6.12. The van der Waals surface area contributed by atoms with Crippen LogP contribution in [0.3, 0.4) is 0 Å². The van der Waals surface area contributed by atoms with Gasteiger partial charge >= 0.3 is 5.97 Å². The van der Waals surface area contributed by atoms with Crippen molar-refractivity contribution in [2.75, 3.05) is 0 Å². The normalized spacial score (nSPS) is 17.7. The van der Waals surface area contributed by atoms with Crippen LogP contribution in [0.1, 0.15) is 38.8 Å². The van der Waals surface area contributed by atoms with Gasteiger partial charge in [0.1, 0.15) is 23.4 Å². The van der Waals surface area contributed by atoms with E-state index in [0.29, 0.717) is 22.6 Å². The minimum atomic E-state index is -0.470. The van der Waals surface area contributed by atoms with Crippen molar-refractivity contribution in [2.24, 2.45) is 0 Å². The fraction of sp³-hybridized carbons (Fsp3) is 0.111. The second-order valence-electron chi connectivity index (χ2n) is 7.80. The maximum Gasteiger partial charge on any atom is 0.343 e. The molecule has 0 bridgehead atoms. The fourth-order valence-electron chi connectivity index (χ4n) is 3.66. The van der Waals surface area contributed by atoms with E-state index in [2.05, 4.69) is 0 Å². The van der Waals surface area contributed by atoms with Gasteiger partial charge in [-0.3, -0.25) is 4.79 Å². The molecule has 0 saturated heterocycles. The summed E-state index contributed by atoms with van der Waals surface area (Å²) in [6.07, 6.45) is 3.48. The first-order valence-corrected chi connectivity index (χ1v) is 10.3. The van der Waals surface area contributed by atoms with Crippen molar-refractivity contribution in [3.63, 3.8) is 0 Å². The Kier molecular flexibility index (Phi) is 4.86. The molecule has 2 aliphatic rings. The summed E-state index contributed by atoms with van der Waals surface area (Å²) < 4.78 is 17.2. The van der Waals surface area contributed by atoms with E-state index in [1.807, 2.05) is 56.3 Å². The first kappa shape index (κ1) is 19.8. The third-order valence-electron chi connectivity index (χ3n) is 5.45. The highest BCUT2D eigenvalue weighted by Gasteiger charge is 2.29. The Morgan fingerprint density at radius 1 is 1.00 bits per heavy atom. The van der Waals surface area contributed by atoms with Gasteiger partial charge in [-0.1, -0.05) is 35.9 Å². The summed E-state index contributed by atoms with van der Waals surface area (Å²) in [5.41, 5.74) is 3.72. The second kappa shape index (κ2) is 7.85. The van der Waals surface area contributed by atoms with Crippen LogP contribution in [0.15, 0.2) is 84.1 Å². The molecule has 5 nitrogen and oxygen atoms in total. The highest BCUT2D eigenvalue weighted by atomic mass is 16.5. The average molecular weight is 424 g/mol. The van der Waals surface area contributed by atoms with E-state index in [-0.39, 0.29) is 17.6 Å². The molecule has 0 radical (unpaired) electrons. The molecule has 0 saturated carbocycles. The molecule has 1 atom stereocenters. The first-order chi connectivity index (χ1) is 15.5. The number of benzene rings is 3. The molecule has 3 aromatic rings. The predicted molar refractivity (Wildman–Crippen MR) is 120 cm³/mol. The Morgan fingerprint density at radius 3 is 2.59 bits per heavy atom. The van der Waals surface area contributed by atoms with Crippen LogP contribution in [0, 0.1) is 6.92 Å². The third-order valence-corrected chi connectivity index (χ3v) is 5.45. The summed E-state index contributed by atoms with van der Waals surface area (Å²) in [6, 6.07) is 19.6. The smallest absolute Gasteiger partial charge is 0.343 e. The molecule has 5 heteroatoms. The van der Waals surface area contributed by atoms with Crippen molar-refractivity contribution in [1.82, 2.24) is 0 Å². The minimum absolute atomic E-state index is 0.211. The SMILES string of the molecule is Cc1ccc(C(=O)Oc2ccc3c(c2)O/C(=C\C2=Cc4ccccc4OC2C)C3=O)cc1. The summed E-state index contributed by atoms with van der Waals surface area (Å²) in [4.78, 5) is 25.2. The van der Waals surface area contributed by atoms with Gasteiger partial charge in [0.05, 0.1) is 11.1 Å². The average Bonchev–Trinajstić information content (AvgIpc) is 3.09. The van der Waals surface area contributed by atoms with Crippen LogP contribution in [-0.4, -0.2) is 17.9 Å². The zero-order chi connectivity index (χ0) is 22.2. The monoisotopic (exact) mass is 424 g/mol. The quantitative estimate of drug-likeness (QED) is 0.314. The maximum atomic E-state index is 12.8. The van der Waals surface area contributed by atoms with Crippen molar-refractivity contribution in [3.05, 3.63) is 106 Å². The predicted octanol–water partition coefficient (Wildman–Crippen LogP) is 5.54. The summed E-state index contributed by atoms with van der Waals surface area (Å²) in [6.45, 7) is 3.87. The number of rotatable bonds is 3. The number of carbonyl (C=O) groups excluding carboxylic acids is 2. The van der Waals surface area contributed by atoms with Crippen molar-refractivity contribution in [1.29, 1.82) is 0 Å². The molecule has 0 aromatic heterocycles. The van der Waals surface area contributed by atoms with Crippen LogP contribution in [0.2, 0.25) is 0 Å². The topological polar surface area (TPSA) is 61.8 Å². The molecule has 0 aliphatic carbocycles. The molecule has 2 aliphatic heterocycles. The lowest BCUT2D eigenvalue weighted by Gasteiger charge is -2.22. The number of ketones is 1. The van der Waals surface area contributed by atoms with Gasteiger partial charge in [0.25, 0.3) is 0 Å². The maximum absolute atomic E-state index is 12.8. The number of aryl methyl sites for hydroxylation is 1. The molecule has 3 aromatic carbocycles. The fourth-order valence-corrected chi connectivity index (χ4v) is 3.66. The number of fused-ring (bicyclic) bond motifs is 2. The van der Waals surface area contributed by atoms with E-state index >= 15 is 0 Å². The standard InChI is InChI=1S/C27H20O5/c1-16-7-9-18(10-8-16)27(29)31-21-11-12-22-24(15-21)32-25(26(22)28)14-20-13-19-5-3-4-6-23(19)30-17(20)2/h3-15,17H,1-2H3/b25-14-. The molecule has 0 N–H and O–H groups in total. The lowest BCUT2D eigenvalue weighted by atomic mass is 10.0. The molecule has 158 valence electrons. The molecular formula is C27H20O5. The highest BCUT2D eigenvalue weighted by Crippen LogP contribution is 2.36. The zero-order valence-electron chi connectivity index (χ0n) is 17.6. The number of esters is 1. The zero-order valence-corrected chi connectivity index (χ0v) is 17.6. The third kappa shape index (κ3) is 3.69. The Labute approximate surface area is 185 Å². The van der Waals surface area contributed by atoms with Crippen molar-refractivity contribution in [3.8, 4) is 17.2 Å². The Bertz CT molecular complexity index is 1300. The number of para-hydroxylation sites is 1. The lowest BCUT2D eigenvalue weighted by molar-refractivity contribution is 0.0734. The molecule has 32 heavy (non-hydrogen) atoms. The largest absolute Gasteiger partial charge is 0.485 e. The van der Waals surface area contributed by atoms with Gasteiger partial charge < -0.3 is 14.2 Å². The number of allylic oxidation sites excluding steroid dienone is 1. The number of hydrogen-bond acceptors (Lipinski definition) is 5. The Hall–Kier alpha value is -4.12. The van der Waals surface area contributed by atoms with Crippen LogP contribution in [0.4, 0.5) is 0 Å². The molecular weight excluding hydrogens is 404 g/mol. The number of hydrogen-bond donors (Lipinski definition) is 0. The van der Waals surface area contributed by atoms with E-state index in [1.165, 1.54) is 0 Å². The van der Waals surface area contributed by atoms with Crippen molar-refractivity contribution in [2.45, 2.75) is 20.0 Å². The van der Waals surface area contributed by atoms with Crippen molar-refractivity contribution < 1.29 is 23.8 Å². The molecule has 1 unspecified atom stereocenters. The summed E-state index contributed by atoms with van der Waals surface area (Å²) >= 11 is 0. The van der Waals surface area contributed by atoms with Crippen molar-refractivity contribution >= 4 is 17.8 Å². The van der Waals surface area contributed by atoms with E-state index in [9.17, 15) is 9.59 Å². The minimum Gasteiger partial charge on any atom is -0.485 e. The molecule has 0 fully saturated rings. The number of carbonyl (C=O) groups is 2. The van der Waals surface area contributed by atoms with E-state index in [1.54, 1.807) is 36.4 Å². The van der Waals surface area contributed by atoms with Gasteiger partial charge in [0, 0.05) is 11.6 Å². The van der Waals surface area contributed by atoms with Gasteiger partial charge in [0.15, 0.2) is 5.76 Å². The number of ether oxygens (including phenoxy) is 3. The van der Waals surface area contributed by atoms with Gasteiger partial charge in [0.2, 0.25) is 5.78 Å². The summed E-state index contributed by atoms with van der Waals surface area (Å²) in [5, 5.41) is 0. The summed E-state index contributed by atoms with van der Waals surface area (Å²) in [7, 11) is 0. The summed E-state index contributed by atoms with van der Waals surface area (Å²) in [5.74, 6) is 1.00. The van der Waals surface area contributed by atoms with Crippen LogP contribution < -0.4 is 14.2 Å². The molecule has 0 amide bonds. The van der Waals surface area contributed by atoms with E-state index in [4.69, 9.17) is 14.2 Å². The van der Waals surface area contributed by atoms with Gasteiger partial charge in [-0.2, -0.15) is 0 Å². The number of Topliss-reactive ketones (excluding diaryl/α,β-unsaturated/α-hetero) is 1. The van der Waals surface area contributed by atoms with Gasteiger partial charge in [-0.15, -0.1) is 0 Å². The molecule has 2 heterocycles. The first-order valence-electron chi connectivity index (χ1n) is 10.3. The Morgan fingerprint density at radius 2 is 1.78 bits per heavy atom. The Balaban J connectivity index is 1.38. The van der Waals surface area contributed by atoms with Crippen LogP contribution in [0.25, 0.3) is 6.08 Å². The van der Waals surface area contributed by atoms with Crippen LogP contribution in [0.5, 0.6) is 17.2 Å². The molecule has 0 spiro atoms. The van der Waals surface area contributed by atoms with Crippen LogP contribution >= 0.6 is 0 Å². The molecule has 5 rings (SSSR count).